The summed E-state index contributed by atoms with van der Waals surface area (Å²) in [6.07, 6.45) is 1.70. The molecule has 0 aliphatic heterocycles. The van der Waals surface area contributed by atoms with Crippen molar-refractivity contribution in [2.45, 2.75) is 13.8 Å². The van der Waals surface area contributed by atoms with E-state index in [1.807, 2.05) is 36.4 Å². The van der Waals surface area contributed by atoms with E-state index in [9.17, 15) is 25.3 Å². The van der Waals surface area contributed by atoms with Crippen molar-refractivity contribution in [3.63, 3.8) is 0 Å². The fourth-order valence-corrected chi connectivity index (χ4v) is 5.06. The van der Waals surface area contributed by atoms with E-state index in [1.165, 1.54) is 18.2 Å². The summed E-state index contributed by atoms with van der Waals surface area (Å²) in [6.45, 7) is 3.55. The summed E-state index contributed by atoms with van der Waals surface area (Å²) in [6, 6.07) is 22.3. The number of nitrogens with zero attached hydrogens (tertiary/aromatic N) is 5. The Morgan fingerprint density at radius 2 is 1.72 bits per heavy atom. The summed E-state index contributed by atoms with van der Waals surface area (Å²) >= 11 is 0. The standard InChI is InChI=1S/C32H22N6O5/c1-17-8-9-18(2)30-26(17)29(39)27(32(40)43-30)25-14-22(23(15-33)31(34)35-25)24-16-37(20-6-4-3-5-7-20)36-28(24)19-10-12-21(13-11-19)38(41)42/h3-14,16,39H,1-2H3,(H2,34,35). The number of nitrogens with two attached hydrogens (primary N) is 1. The Morgan fingerprint density at radius 1 is 1.02 bits per heavy atom. The Morgan fingerprint density at radius 3 is 2.40 bits per heavy atom. The average Bonchev–Trinajstić information content (AvgIpc) is 3.44. The molecule has 3 N–H and O–H groups in total. The molecule has 0 saturated heterocycles. The normalized spacial score (nSPS) is 11.0. The number of para-hydroxylation sites is 1. The van der Waals surface area contributed by atoms with Crippen LogP contribution in [0.5, 0.6) is 5.75 Å². The molecule has 6 rings (SSSR count). The zero-order chi connectivity index (χ0) is 30.4. The lowest BCUT2D eigenvalue weighted by Gasteiger charge is -2.13. The van der Waals surface area contributed by atoms with E-state index in [0.717, 1.165) is 5.69 Å². The van der Waals surface area contributed by atoms with Crippen molar-refractivity contribution in [3.8, 4) is 51.1 Å². The lowest BCUT2D eigenvalue weighted by molar-refractivity contribution is -0.384. The van der Waals surface area contributed by atoms with Gasteiger partial charge in [0.25, 0.3) is 5.69 Å². The summed E-state index contributed by atoms with van der Waals surface area (Å²) in [5.41, 5.74) is 9.21. The van der Waals surface area contributed by atoms with Crippen LogP contribution >= 0.6 is 0 Å². The van der Waals surface area contributed by atoms with Gasteiger partial charge in [0.2, 0.25) is 0 Å². The minimum absolute atomic E-state index is 0.00247. The molecule has 0 atom stereocenters. The number of aromatic hydroxyl groups is 1. The van der Waals surface area contributed by atoms with Crippen LogP contribution in [0.4, 0.5) is 11.5 Å². The van der Waals surface area contributed by atoms with Crippen LogP contribution < -0.4 is 11.4 Å². The third-order valence-corrected chi connectivity index (χ3v) is 7.23. The van der Waals surface area contributed by atoms with Crippen LogP contribution in [0.2, 0.25) is 0 Å². The van der Waals surface area contributed by atoms with Crippen molar-refractivity contribution in [1.29, 1.82) is 5.26 Å². The highest BCUT2D eigenvalue weighted by atomic mass is 16.6. The van der Waals surface area contributed by atoms with E-state index in [4.69, 9.17) is 15.2 Å². The molecular weight excluding hydrogens is 548 g/mol. The molecular formula is C32H22N6O5. The zero-order valence-corrected chi connectivity index (χ0v) is 22.9. The SMILES string of the molecule is Cc1ccc(C)c2c(O)c(-c3cc(-c4cn(-c5ccccc5)nc4-c4ccc([N+](=O)[O-])cc4)c(C#N)c(N)n3)c(=O)oc12. The lowest BCUT2D eigenvalue weighted by atomic mass is 9.95. The Hall–Kier alpha value is -6.28. The van der Waals surface area contributed by atoms with Gasteiger partial charge in [0.15, 0.2) is 0 Å². The molecule has 0 bridgehead atoms. The highest BCUT2D eigenvalue weighted by molar-refractivity contribution is 5.95. The lowest BCUT2D eigenvalue weighted by Crippen LogP contribution is -2.08. The molecule has 210 valence electrons. The van der Waals surface area contributed by atoms with E-state index in [0.29, 0.717) is 38.9 Å². The summed E-state index contributed by atoms with van der Waals surface area (Å²) in [5, 5.41) is 37.9. The first-order valence-electron chi connectivity index (χ1n) is 13.0. The van der Waals surface area contributed by atoms with Crippen molar-refractivity contribution < 1.29 is 14.4 Å². The van der Waals surface area contributed by atoms with Crippen molar-refractivity contribution >= 4 is 22.5 Å². The average molecular weight is 571 g/mol. The van der Waals surface area contributed by atoms with Gasteiger partial charge < -0.3 is 15.3 Å². The van der Waals surface area contributed by atoms with Gasteiger partial charge >= 0.3 is 5.63 Å². The maximum atomic E-state index is 13.3. The topological polar surface area (TPSA) is 174 Å². The first-order valence-corrected chi connectivity index (χ1v) is 13.0. The number of aromatic nitrogens is 3. The molecule has 11 heteroatoms. The largest absolute Gasteiger partial charge is 0.506 e. The Bertz CT molecular complexity index is 2180. The summed E-state index contributed by atoms with van der Waals surface area (Å²) in [5.74, 6) is -0.484. The molecule has 3 aromatic heterocycles. The van der Waals surface area contributed by atoms with Crippen LogP contribution in [0.1, 0.15) is 16.7 Å². The summed E-state index contributed by atoms with van der Waals surface area (Å²) < 4.78 is 7.24. The van der Waals surface area contributed by atoms with Gasteiger partial charge in [-0.05, 0) is 55.3 Å². The summed E-state index contributed by atoms with van der Waals surface area (Å²) in [4.78, 5) is 28.3. The smallest absolute Gasteiger partial charge is 0.349 e. The molecule has 3 aromatic carbocycles. The fraction of sp³-hybridized carbons (Fsp3) is 0.0625. The van der Waals surface area contributed by atoms with Gasteiger partial charge in [0, 0.05) is 35.0 Å². The maximum Gasteiger partial charge on any atom is 0.349 e. The molecule has 0 amide bonds. The number of nitro groups is 1. The van der Waals surface area contributed by atoms with Crippen molar-refractivity contribution in [1.82, 2.24) is 14.8 Å². The third-order valence-electron chi connectivity index (χ3n) is 7.23. The van der Waals surface area contributed by atoms with Crippen molar-refractivity contribution in [3.05, 3.63) is 116 Å². The number of nitriles is 1. The van der Waals surface area contributed by atoms with Crippen LogP contribution in [0, 0.1) is 35.3 Å². The van der Waals surface area contributed by atoms with E-state index in [2.05, 4.69) is 11.1 Å². The molecule has 0 unspecified atom stereocenters. The molecule has 0 saturated carbocycles. The number of rotatable bonds is 5. The number of aryl methyl sites for hydroxylation is 2. The molecule has 6 aromatic rings. The second-order valence-corrected chi connectivity index (χ2v) is 9.92. The Labute approximate surface area is 243 Å². The van der Waals surface area contributed by atoms with E-state index in [1.54, 1.807) is 42.9 Å². The zero-order valence-electron chi connectivity index (χ0n) is 22.9. The number of hydrogen-bond donors (Lipinski definition) is 2. The molecule has 43 heavy (non-hydrogen) atoms. The number of anilines is 1. The molecule has 11 nitrogen and oxygen atoms in total. The van der Waals surface area contributed by atoms with Gasteiger partial charge in [-0.3, -0.25) is 10.1 Å². The van der Waals surface area contributed by atoms with E-state index in [-0.39, 0.29) is 39.7 Å². The second kappa shape index (κ2) is 10.3. The number of non-ortho nitro benzene ring substituents is 1. The predicted octanol–water partition coefficient (Wildman–Crippen LogP) is 6.06. The number of pyridine rings is 1. The van der Waals surface area contributed by atoms with Crippen LogP contribution in [-0.4, -0.2) is 24.8 Å². The van der Waals surface area contributed by atoms with Crippen molar-refractivity contribution in [2.75, 3.05) is 5.73 Å². The van der Waals surface area contributed by atoms with E-state index < -0.39 is 10.5 Å². The van der Waals surface area contributed by atoms with Gasteiger partial charge in [-0.15, -0.1) is 0 Å². The summed E-state index contributed by atoms with van der Waals surface area (Å²) in [7, 11) is 0. The number of benzene rings is 3. The maximum absolute atomic E-state index is 13.3. The minimum atomic E-state index is -0.822. The van der Waals surface area contributed by atoms with Gasteiger partial charge in [0.05, 0.1) is 21.7 Å². The van der Waals surface area contributed by atoms with Gasteiger partial charge in [0.1, 0.15) is 40.0 Å². The number of nitrogen functional groups attached to an aromatic ring is 1. The predicted molar refractivity (Wildman–Crippen MR) is 161 cm³/mol. The Kier molecular flexibility index (Phi) is 6.44. The first-order chi connectivity index (χ1) is 20.7. The second-order valence-electron chi connectivity index (χ2n) is 9.92. The van der Waals surface area contributed by atoms with Crippen LogP contribution in [0.25, 0.3) is 50.3 Å². The number of nitro benzene ring substituents is 1. The minimum Gasteiger partial charge on any atom is -0.506 e. The van der Waals surface area contributed by atoms with Crippen LogP contribution in [0.15, 0.2) is 88.2 Å². The monoisotopic (exact) mass is 570 g/mol. The molecule has 0 aliphatic carbocycles. The van der Waals surface area contributed by atoms with Crippen molar-refractivity contribution in [2.24, 2.45) is 0 Å². The number of hydrogen-bond acceptors (Lipinski definition) is 9. The number of fused-ring (bicyclic) bond motifs is 1. The fourth-order valence-electron chi connectivity index (χ4n) is 5.06. The quantitative estimate of drug-likeness (QED) is 0.142. The van der Waals surface area contributed by atoms with Crippen LogP contribution in [-0.2, 0) is 0 Å². The molecule has 3 heterocycles. The van der Waals surface area contributed by atoms with E-state index >= 15 is 0 Å². The highest BCUT2D eigenvalue weighted by Gasteiger charge is 2.25. The molecule has 0 fully saturated rings. The molecule has 0 spiro atoms. The van der Waals surface area contributed by atoms with Crippen LogP contribution in [0.3, 0.4) is 0 Å². The van der Waals surface area contributed by atoms with Gasteiger partial charge in [-0.1, -0.05) is 30.3 Å². The highest BCUT2D eigenvalue weighted by Crippen LogP contribution is 2.40. The molecule has 0 aliphatic rings. The first kappa shape index (κ1) is 26.9. The Balaban J connectivity index is 1.64. The van der Waals surface area contributed by atoms with Gasteiger partial charge in [-0.25, -0.2) is 14.5 Å². The van der Waals surface area contributed by atoms with Gasteiger partial charge in [-0.2, -0.15) is 10.4 Å². The molecule has 0 radical (unpaired) electrons. The third kappa shape index (κ3) is 4.53.